The van der Waals surface area contributed by atoms with E-state index in [9.17, 15) is 4.79 Å². The van der Waals surface area contributed by atoms with Crippen LogP contribution in [0.15, 0.2) is 35.3 Å². The number of amides is 1. The highest BCUT2D eigenvalue weighted by Gasteiger charge is 2.07. The number of carbonyl (C=O) groups excluding carboxylic acids is 1. The third kappa shape index (κ3) is 8.78. The zero-order valence-corrected chi connectivity index (χ0v) is 16.8. The summed E-state index contributed by atoms with van der Waals surface area (Å²) in [5, 5.41) is 6.15. The van der Waals surface area contributed by atoms with Crippen molar-refractivity contribution in [3.63, 3.8) is 0 Å². The third-order valence-electron chi connectivity index (χ3n) is 3.16. The Bertz CT molecular complexity index is 477. The van der Waals surface area contributed by atoms with Crippen molar-refractivity contribution in [3.8, 4) is 0 Å². The van der Waals surface area contributed by atoms with Gasteiger partial charge in [0.2, 0.25) is 5.91 Å². The van der Waals surface area contributed by atoms with Crippen molar-refractivity contribution in [1.82, 2.24) is 15.5 Å². The molecule has 0 unspecified atom stereocenters. The van der Waals surface area contributed by atoms with Gasteiger partial charge in [0.25, 0.3) is 0 Å². The average molecular weight is 432 g/mol. The van der Waals surface area contributed by atoms with Gasteiger partial charge in [-0.25, -0.2) is 0 Å². The van der Waals surface area contributed by atoms with Crippen LogP contribution in [0.1, 0.15) is 26.3 Å². The Morgan fingerprint density at radius 2 is 1.87 bits per heavy atom. The van der Waals surface area contributed by atoms with Crippen LogP contribution < -0.4 is 10.6 Å². The number of hydrogen-bond donors (Lipinski definition) is 2. The van der Waals surface area contributed by atoms with Crippen LogP contribution in [0, 0.1) is 5.92 Å². The summed E-state index contributed by atoms with van der Waals surface area (Å²) in [7, 11) is 2.02. The smallest absolute Gasteiger partial charge is 0.222 e. The van der Waals surface area contributed by atoms with Crippen molar-refractivity contribution < 1.29 is 4.79 Å². The summed E-state index contributed by atoms with van der Waals surface area (Å²) in [6.45, 7) is 8.56. The summed E-state index contributed by atoms with van der Waals surface area (Å²) < 4.78 is 0. The Balaban J connectivity index is 0.00000484. The summed E-state index contributed by atoms with van der Waals surface area (Å²) in [4.78, 5) is 18.1. The number of halogens is 1. The molecule has 0 aliphatic rings. The van der Waals surface area contributed by atoms with E-state index in [0.29, 0.717) is 13.1 Å². The third-order valence-corrected chi connectivity index (χ3v) is 3.16. The first-order valence-electron chi connectivity index (χ1n) is 7.85. The van der Waals surface area contributed by atoms with E-state index >= 15 is 0 Å². The van der Waals surface area contributed by atoms with Crippen LogP contribution in [-0.4, -0.2) is 43.4 Å². The molecule has 1 aromatic carbocycles. The van der Waals surface area contributed by atoms with Crippen molar-refractivity contribution >= 4 is 35.8 Å². The maximum atomic E-state index is 11.5. The van der Waals surface area contributed by atoms with Crippen LogP contribution in [0.25, 0.3) is 0 Å². The Kier molecular flexibility index (Phi) is 11.5. The highest BCUT2D eigenvalue weighted by atomic mass is 127. The first-order valence-corrected chi connectivity index (χ1v) is 7.85. The molecule has 0 spiro atoms. The number of nitrogens with one attached hydrogen (secondary N) is 2. The van der Waals surface area contributed by atoms with Gasteiger partial charge in [-0.05, 0) is 12.5 Å². The highest BCUT2D eigenvalue weighted by molar-refractivity contribution is 14.0. The van der Waals surface area contributed by atoms with E-state index in [1.54, 1.807) is 0 Å². The minimum atomic E-state index is 0. The first kappa shape index (κ1) is 21.7. The van der Waals surface area contributed by atoms with E-state index in [4.69, 9.17) is 0 Å². The Morgan fingerprint density at radius 1 is 1.22 bits per heavy atom. The van der Waals surface area contributed by atoms with E-state index in [0.717, 1.165) is 19.0 Å². The zero-order chi connectivity index (χ0) is 16.4. The van der Waals surface area contributed by atoms with Gasteiger partial charge in [0.05, 0.1) is 6.54 Å². The fourth-order valence-corrected chi connectivity index (χ4v) is 1.95. The zero-order valence-electron chi connectivity index (χ0n) is 14.5. The molecule has 0 heterocycles. The van der Waals surface area contributed by atoms with Gasteiger partial charge < -0.3 is 15.5 Å². The minimum absolute atomic E-state index is 0. The van der Waals surface area contributed by atoms with Gasteiger partial charge in [-0.1, -0.05) is 44.2 Å². The maximum absolute atomic E-state index is 11.5. The predicted octanol–water partition coefficient (Wildman–Crippen LogP) is 2.47. The molecule has 0 atom stereocenters. The SMILES string of the molecule is CCNC(=NCCNC(=O)C(C)C)N(C)Cc1ccccc1.I. The van der Waals surface area contributed by atoms with E-state index in [-0.39, 0.29) is 35.8 Å². The molecule has 0 radical (unpaired) electrons. The van der Waals surface area contributed by atoms with Crippen molar-refractivity contribution in [2.24, 2.45) is 10.9 Å². The number of nitrogens with zero attached hydrogens (tertiary/aromatic N) is 2. The molecule has 0 saturated heterocycles. The number of rotatable bonds is 7. The molecular formula is C17H29IN4O. The lowest BCUT2D eigenvalue weighted by Gasteiger charge is -2.22. The summed E-state index contributed by atoms with van der Waals surface area (Å²) in [6.07, 6.45) is 0. The van der Waals surface area contributed by atoms with Crippen LogP contribution in [0.5, 0.6) is 0 Å². The van der Waals surface area contributed by atoms with Gasteiger partial charge >= 0.3 is 0 Å². The highest BCUT2D eigenvalue weighted by Crippen LogP contribution is 2.02. The fraction of sp³-hybridized carbons (Fsp3) is 0.529. The Morgan fingerprint density at radius 3 is 2.43 bits per heavy atom. The second-order valence-electron chi connectivity index (χ2n) is 5.52. The summed E-state index contributed by atoms with van der Waals surface area (Å²) in [6, 6.07) is 10.3. The number of guanidine groups is 1. The summed E-state index contributed by atoms with van der Waals surface area (Å²) in [5.74, 6) is 0.931. The van der Waals surface area contributed by atoms with Crippen molar-refractivity contribution in [3.05, 3.63) is 35.9 Å². The molecule has 2 N–H and O–H groups in total. The number of benzene rings is 1. The number of carbonyl (C=O) groups is 1. The van der Waals surface area contributed by atoms with Crippen molar-refractivity contribution in [2.45, 2.75) is 27.3 Å². The van der Waals surface area contributed by atoms with Crippen molar-refractivity contribution in [1.29, 1.82) is 0 Å². The summed E-state index contributed by atoms with van der Waals surface area (Å²) >= 11 is 0. The predicted molar refractivity (Wildman–Crippen MR) is 107 cm³/mol. The molecule has 0 bridgehead atoms. The lowest BCUT2D eigenvalue weighted by molar-refractivity contribution is -0.123. The molecular weight excluding hydrogens is 403 g/mol. The molecule has 6 heteroatoms. The normalized spacial score (nSPS) is 10.9. The molecule has 130 valence electrons. The molecule has 0 aliphatic heterocycles. The van der Waals surface area contributed by atoms with E-state index in [1.807, 2.05) is 46.0 Å². The van der Waals surface area contributed by atoms with E-state index < -0.39 is 0 Å². The lowest BCUT2D eigenvalue weighted by atomic mass is 10.2. The Hall–Kier alpha value is -1.31. The topological polar surface area (TPSA) is 56.7 Å². The molecule has 1 aromatic rings. The van der Waals surface area contributed by atoms with Gasteiger partial charge in [0, 0.05) is 32.6 Å². The first-order chi connectivity index (χ1) is 10.5. The lowest BCUT2D eigenvalue weighted by Crippen LogP contribution is -2.39. The number of hydrogen-bond acceptors (Lipinski definition) is 2. The van der Waals surface area contributed by atoms with Crippen LogP contribution in [0.3, 0.4) is 0 Å². The standard InChI is InChI=1S/C17H28N4O.HI/c1-5-18-17(20-12-11-19-16(22)14(2)3)21(4)13-15-9-7-6-8-10-15;/h6-10,14H,5,11-13H2,1-4H3,(H,18,20)(H,19,22);1H. The molecule has 23 heavy (non-hydrogen) atoms. The van der Waals surface area contributed by atoms with Gasteiger partial charge in [-0.15, -0.1) is 24.0 Å². The van der Waals surface area contributed by atoms with E-state index in [2.05, 4.69) is 32.7 Å². The van der Waals surface area contributed by atoms with Crippen LogP contribution in [0.2, 0.25) is 0 Å². The number of aliphatic imine (C=N–C) groups is 1. The molecule has 1 rings (SSSR count). The molecule has 0 aromatic heterocycles. The largest absolute Gasteiger partial charge is 0.357 e. The minimum Gasteiger partial charge on any atom is -0.357 e. The maximum Gasteiger partial charge on any atom is 0.222 e. The molecule has 5 nitrogen and oxygen atoms in total. The summed E-state index contributed by atoms with van der Waals surface area (Å²) in [5.41, 5.74) is 1.24. The molecule has 1 amide bonds. The van der Waals surface area contributed by atoms with Crippen LogP contribution >= 0.6 is 24.0 Å². The molecule has 0 saturated carbocycles. The van der Waals surface area contributed by atoms with Gasteiger partial charge in [0.15, 0.2) is 5.96 Å². The Labute approximate surface area is 157 Å². The van der Waals surface area contributed by atoms with Gasteiger partial charge in [0.1, 0.15) is 0 Å². The van der Waals surface area contributed by atoms with Crippen LogP contribution in [0.4, 0.5) is 0 Å². The van der Waals surface area contributed by atoms with Crippen LogP contribution in [-0.2, 0) is 11.3 Å². The second kappa shape index (κ2) is 12.2. The van der Waals surface area contributed by atoms with Gasteiger partial charge in [-0.2, -0.15) is 0 Å². The monoisotopic (exact) mass is 432 g/mol. The molecule has 0 aliphatic carbocycles. The van der Waals surface area contributed by atoms with Gasteiger partial charge in [-0.3, -0.25) is 9.79 Å². The quantitative estimate of drug-likeness (QED) is 0.301. The molecule has 0 fully saturated rings. The average Bonchev–Trinajstić information content (AvgIpc) is 2.50. The van der Waals surface area contributed by atoms with E-state index in [1.165, 1.54) is 5.56 Å². The fourth-order valence-electron chi connectivity index (χ4n) is 1.95. The van der Waals surface area contributed by atoms with Crippen molar-refractivity contribution in [2.75, 3.05) is 26.7 Å². The second-order valence-corrected chi connectivity index (χ2v) is 5.52.